The lowest BCUT2D eigenvalue weighted by atomic mass is 10.2. The molecule has 0 aliphatic carbocycles. The van der Waals surface area contributed by atoms with Crippen LogP contribution in [0.2, 0.25) is 5.02 Å². The standard InChI is InChI=1S/C15H11ClN4O3S2/c16-11-8-4-5-9-12(11)25(22,23)20-14(21)18-15-17-13(19-24-15)10-6-2-1-3-7-10/h1-9H,(H2,17,18,19,20,21). The van der Waals surface area contributed by atoms with E-state index in [1.807, 2.05) is 35.1 Å². The number of sulfonamides is 1. The van der Waals surface area contributed by atoms with Gasteiger partial charge < -0.3 is 0 Å². The van der Waals surface area contributed by atoms with Crippen molar-refractivity contribution in [3.05, 3.63) is 59.6 Å². The topological polar surface area (TPSA) is 101 Å². The molecular weight excluding hydrogens is 384 g/mol. The van der Waals surface area contributed by atoms with E-state index in [1.165, 1.54) is 18.2 Å². The molecule has 0 aliphatic heterocycles. The van der Waals surface area contributed by atoms with E-state index in [9.17, 15) is 13.2 Å². The largest absolute Gasteiger partial charge is 0.334 e. The Morgan fingerprint density at radius 1 is 1.04 bits per heavy atom. The van der Waals surface area contributed by atoms with Gasteiger partial charge in [-0.05, 0) is 12.1 Å². The maximum absolute atomic E-state index is 12.2. The Hall–Kier alpha value is -2.49. The summed E-state index contributed by atoms with van der Waals surface area (Å²) in [5, 5.41) is 2.54. The van der Waals surface area contributed by atoms with Crippen LogP contribution in [0.25, 0.3) is 11.4 Å². The highest BCUT2D eigenvalue weighted by Gasteiger charge is 2.21. The van der Waals surface area contributed by atoms with E-state index >= 15 is 0 Å². The molecule has 0 atom stereocenters. The molecular formula is C15H11ClN4O3S2. The van der Waals surface area contributed by atoms with E-state index in [0.29, 0.717) is 5.82 Å². The van der Waals surface area contributed by atoms with E-state index in [0.717, 1.165) is 17.1 Å². The molecule has 0 saturated heterocycles. The van der Waals surface area contributed by atoms with Crippen LogP contribution in [0.4, 0.5) is 9.93 Å². The first-order valence-electron chi connectivity index (χ1n) is 6.93. The number of hydrogen-bond donors (Lipinski definition) is 2. The minimum atomic E-state index is -4.09. The molecule has 3 rings (SSSR count). The van der Waals surface area contributed by atoms with Crippen molar-refractivity contribution >= 4 is 44.3 Å². The maximum atomic E-state index is 12.2. The number of halogens is 1. The van der Waals surface area contributed by atoms with Gasteiger partial charge in [0, 0.05) is 17.1 Å². The van der Waals surface area contributed by atoms with Crippen LogP contribution < -0.4 is 10.0 Å². The molecule has 25 heavy (non-hydrogen) atoms. The maximum Gasteiger partial charge on any atom is 0.334 e. The first kappa shape index (κ1) is 17.3. The van der Waals surface area contributed by atoms with Crippen LogP contribution in [-0.2, 0) is 10.0 Å². The van der Waals surface area contributed by atoms with Gasteiger partial charge >= 0.3 is 6.03 Å². The highest BCUT2D eigenvalue weighted by Crippen LogP contribution is 2.22. The van der Waals surface area contributed by atoms with Crippen LogP contribution in [0.15, 0.2) is 59.5 Å². The summed E-state index contributed by atoms with van der Waals surface area (Å²) in [7, 11) is -4.09. The van der Waals surface area contributed by atoms with E-state index in [1.54, 1.807) is 6.07 Å². The Morgan fingerprint density at radius 3 is 2.44 bits per heavy atom. The lowest BCUT2D eigenvalue weighted by molar-refractivity contribution is 0.256. The van der Waals surface area contributed by atoms with Crippen molar-refractivity contribution in [1.82, 2.24) is 14.1 Å². The highest BCUT2D eigenvalue weighted by molar-refractivity contribution is 7.90. The fourth-order valence-corrected chi connectivity index (χ4v) is 3.95. The van der Waals surface area contributed by atoms with Crippen molar-refractivity contribution < 1.29 is 13.2 Å². The lowest BCUT2D eigenvalue weighted by Crippen LogP contribution is -2.34. The molecule has 2 N–H and O–H groups in total. The zero-order valence-electron chi connectivity index (χ0n) is 12.5. The van der Waals surface area contributed by atoms with E-state index in [-0.39, 0.29) is 15.0 Å². The van der Waals surface area contributed by atoms with Gasteiger partial charge in [-0.3, -0.25) is 5.32 Å². The number of benzene rings is 2. The second-order valence-corrected chi connectivity index (χ2v) is 7.59. The molecule has 128 valence electrons. The average Bonchev–Trinajstić information content (AvgIpc) is 3.03. The van der Waals surface area contributed by atoms with E-state index < -0.39 is 16.1 Å². The Kier molecular flexibility index (Phi) is 4.98. The number of nitrogens with zero attached hydrogens (tertiary/aromatic N) is 2. The molecule has 2 aromatic carbocycles. The summed E-state index contributed by atoms with van der Waals surface area (Å²) in [6.45, 7) is 0. The number of rotatable bonds is 4. The fourth-order valence-electron chi connectivity index (χ4n) is 1.94. The second kappa shape index (κ2) is 7.18. The molecule has 0 spiro atoms. The quantitative estimate of drug-likeness (QED) is 0.706. The molecule has 10 heteroatoms. The Labute approximate surface area is 152 Å². The molecule has 0 radical (unpaired) electrons. The second-order valence-electron chi connectivity index (χ2n) is 4.78. The van der Waals surface area contributed by atoms with Gasteiger partial charge in [-0.25, -0.2) is 17.9 Å². The van der Waals surface area contributed by atoms with Crippen LogP contribution in [0.5, 0.6) is 0 Å². The number of hydrogen-bond acceptors (Lipinski definition) is 6. The third kappa shape index (κ3) is 4.13. The predicted octanol–water partition coefficient (Wildman–Crippen LogP) is 3.37. The van der Waals surface area contributed by atoms with Gasteiger partial charge in [0.25, 0.3) is 10.0 Å². The number of amides is 2. The first-order chi connectivity index (χ1) is 12.0. The number of carbonyl (C=O) groups excluding carboxylic acids is 1. The number of aromatic nitrogens is 2. The zero-order valence-corrected chi connectivity index (χ0v) is 14.9. The van der Waals surface area contributed by atoms with Crippen LogP contribution in [0.1, 0.15) is 0 Å². The van der Waals surface area contributed by atoms with Crippen LogP contribution in [0, 0.1) is 0 Å². The minimum absolute atomic E-state index is 0.0186. The smallest absolute Gasteiger partial charge is 0.282 e. The van der Waals surface area contributed by atoms with E-state index in [2.05, 4.69) is 14.7 Å². The third-order valence-electron chi connectivity index (χ3n) is 3.03. The van der Waals surface area contributed by atoms with Gasteiger partial charge in [-0.2, -0.15) is 9.36 Å². The summed E-state index contributed by atoms with van der Waals surface area (Å²) in [6, 6.07) is 14.1. The normalized spacial score (nSPS) is 11.1. The zero-order chi connectivity index (χ0) is 17.9. The summed E-state index contributed by atoms with van der Waals surface area (Å²) < 4.78 is 30.4. The van der Waals surface area contributed by atoms with Gasteiger partial charge in [-0.1, -0.05) is 54.1 Å². The predicted molar refractivity (Wildman–Crippen MR) is 96.1 cm³/mol. The van der Waals surface area contributed by atoms with Crippen molar-refractivity contribution in [1.29, 1.82) is 0 Å². The minimum Gasteiger partial charge on any atom is -0.282 e. The molecule has 2 amide bonds. The summed E-state index contributed by atoms with van der Waals surface area (Å²) in [5.74, 6) is 0.440. The first-order valence-corrected chi connectivity index (χ1v) is 9.56. The Bertz CT molecular complexity index is 1010. The molecule has 0 saturated carbocycles. The number of carbonyl (C=O) groups is 1. The number of anilines is 1. The lowest BCUT2D eigenvalue weighted by Gasteiger charge is -2.07. The molecule has 1 heterocycles. The molecule has 0 aliphatic rings. The summed E-state index contributed by atoms with van der Waals surface area (Å²) >= 11 is 6.80. The fraction of sp³-hybridized carbons (Fsp3) is 0. The monoisotopic (exact) mass is 394 g/mol. The van der Waals surface area contributed by atoms with Crippen molar-refractivity contribution in [2.75, 3.05) is 5.32 Å². The number of urea groups is 1. The molecule has 1 aromatic heterocycles. The Morgan fingerprint density at radius 2 is 1.72 bits per heavy atom. The van der Waals surface area contributed by atoms with Gasteiger partial charge in [0.05, 0.1) is 5.02 Å². The van der Waals surface area contributed by atoms with Gasteiger partial charge in [0.15, 0.2) is 5.82 Å². The van der Waals surface area contributed by atoms with Gasteiger partial charge in [0.2, 0.25) is 5.13 Å². The average molecular weight is 395 g/mol. The molecule has 3 aromatic rings. The van der Waals surface area contributed by atoms with Crippen LogP contribution >= 0.6 is 23.1 Å². The van der Waals surface area contributed by atoms with Crippen LogP contribution in [0.3, 0.4) is 0 Å². The number of nitrogens with one attached hydrogen (secondary N) is 2. The van der Waals surface area contributed by atoms with Crippen molar-refractivity contribution in [2.45, 2.75) is 4.90 Å². The SMILES string of the molecule is O=C(Nc1nc(-c2ccccc2)ns1)NS(=O)(=O)c1ccccc1Cl. The molecule has 0 fully saturated rings. The summed E-state index contributed by atoms with van der Waals surface area (Å²) in [4.78, 5) is 15.9. The van der Waals surface area contributed by atoms with Crippen molar-refractivity contribution in [3.8, 4) is 11.4 Å². The van der Waals surface area contributed by atoms with Crippen LogP contribution in [-0.4, -0.2) is 23.8 Å². The third-order valence-corrected chi connectivity index (χ3v) is 5.49. The molecule has 0 unspecified atom stereocenters. The molecule has 0 bridgehead atoms. The van der Waals surface area contributed by atoms with E-state index in [4.69, 9.17) is 11.6 Å². The highest BCUT2D eigenvalue weighted by atomic mass is 35.5. The van der Waals surface area contributed by atoms with Gasteiger partial charge in [-0.15, -0.1) is 0 Å². The summed E-state index contributed by atoms with van der Waals surface area (Å²) in [6.07, 6.45) is 0. The Balaban J connectivity index is 1.71. The summed E-state index contributed by atoms with van der Waals surface area (Å²) in [5.41, 5.74) is 0.788. The van der Waals surface area contributed by atoms with Crippen molar-refractivity contribution in [3.63, 3.8) is 0 Å². The molecule has 7 nitrogen and oxygen atoms in total. The van der Waals surface area contributed by atoms with Gasteiger partial charge in [0.1, 0.15) is 4.90 Å². The van der Waals surface area contributed by atoms with Crippen molar-refractivity contribution in [2.24, 2.45) is 0 Å².